The first-order valence-corrected chi connectivity index (χ1v) is 10.6. The Morgan fingerprint density at radius 1 is 1.09 bits per heavy atom. The zero-order valence-electron chi connectivity index (χ0n) is 18.2. The molecule has 0 saturated heterocycles. The average molecular weight is 439 g/mol. The summed E-state index contributed by atoms with van der Waals surface area (Å²) in [5, 5.41) is 4.23. The van der Waals surface area contributed by atoms with Crippen molar-refractivity contribution in [3.05, 3.63) is 101 Å². The van der Waals surface area contributed by atoms with Crippen molar-refractivity contribution >= 4 is 11.9 Å². The van der Waals surface area contributed by atoms with Crippen molar-refractivity contribution < 1.29 is 14.3 Å². The summed E-state index contributed by atoms with van der Waals surface area (Å²) in [6, 6.07) is 14.0. The topological polar surface area (TPSA) is 90.2 Å². The van der Waals surface area contributed by atoms with E-state index in [1.807, 2.05) is 38.2 Å². The molecule has 0 saturated carbocycles. The monoisotopic (exact) mass is 439 g/mol. The van der Waals surface area contributed by atoms with Crippen molar-refractivity contribution in [2.24, 2.45) is 0 Å². The molecule has 164 valence electrons. The molecule has 0 spiro atoms. The number of fused-ring (bicyclic) bond motifs is 1. The van der Waals surface area contributed by atoms with E-state index in [0.29, 0.717) is 16.9 Å². The Morgan fingerprint density at radius 3 is 2.64 bits per heavy atom. The molecule has 33 heavy (non-hydrogen) atoms. The maximum absolute atomic E-state index is 13.2. The van der Waals surface area contributed by atoms with E-state index in [0.717, 1.165) is 16.9 Å². The van der Waals surface area contributed by atoms with Gasteiger partial charge in [-0.2, -0.15) is 5.10 Å². The van der Waals surface area contributed by atoms with Crippen LogP contribution in [0.2, 0.25) is 0 Å². The normalized spacial score (nSPS) is 13.6. The number of esters is 1. The molecule has 1 aromatic carbocycles. The predicted molar refractivity (Wildman–Crippen MR) is 120 cm³/mol. The van der Waals surface area contributed by atoms with Gasteiger partial charge < -0.3 is 9.64 Å². The van der Waals surface area contributed by atoms with E-state index in [1.165, 1.54) is 6.20 Å². The molecule has 5 rings (SSSR count). The molecule has 0 fully saturated rings. The maximum atomic E-state index is 13.2. The first-order chi connectivity index (χ1) is 16.0. The van der Waals surface area contributed by atoms with Gasteiger partial charge in [-0.3, -0.25) is 4.79 Å². The molecule has 1 atom stereocenters. The number of carbonyl (C=O) groups is 2. The smallest absolute Gasteiger partial charge is 0.362 e. The Bertz CT molecular complexity index is 1340. The fourth-order valence-corrected chi connectivity index (χ4v) is 4.01. The van der Waals surface area contributed by atoms with Gasteiger partial charge in [-0.25, -0.2) is 19.4 Å². The molecular weight excluding hydrogens is 418 g/mol. The van der Waals surface area contributed by atoms with Gasteiger partial charge in [0, 0.05) is 42.5 Å². The summed E-state index contributed by atoms with van der Waals surface area (Å²) in [7, 11) is 0. The summed E-state index contributed by atoms with van der Waals surface area (Å²) in [4.78, 5) is 36.5. The third-order valence-corrected chi connectivity index (χ3v) is 5.77. The van der Waals surface area contributed by atoms with Crippen LogP contribution in [0.5, 0.6) is 5.75 Å². The van der Waals surface area contributed by atoms with Crippen LogP contribution in [0.15, 0.2) is 73.3 Å². The van der Waals surface area contributed by atoms with Crippen LogP contribution < -0.4 is 4.74 Å². The van der Waals surface area contributed by atoms with E-state index in [4.69, 9.17) is 4.74 Å². The zero-order chi connectivity index (χ0) is 22.9. The third kappa shape index (κ3) is 3.76. The second-order valence-corrected chi connectivity index (χ2v) is 7.86. The summed E-state index contributed by atoms with van der Waals surface area (Å²) in [5.41, 5.74) is 3.04. The van der Waals surface area contributed by atoms with E-state index in [1.54, 1.807) is 52.3 Å². The van der Waals surface area contributed by atoms with Crippen LogP contribution in [0.25, 0.3) is 5.82 Å². The van der Waals surface area contributed by atoms with Gasteiger partial charge in [0.1, 0.15) is 5.75 Å². The summed E-state index contributed by atoms with van der Waals surface area (Å²) in [6.45, 7) is 4.17. The molecule has 3 aromatic heterocycles. The second-order valence-electron chi connectivity index (χ2n) is 7.86. The van der Waals surface area contributed by atoms with E-state index in [2.05, 4.69) is 15.1 Å². The number of para-hydroxylation sites is 1. The highest BCUT2D eigenvalue weighted by Gasteiger charge is 2.35. The average Bonchev–Trinajstić information content (AvgIpc) is 3.47. The Morgan fingerprint density at radius 2 is 1.91 bits per heavy atom. The summed E-state index contributed by atoms with van der Waals surface area (Å²) in [6.07, 6.45) is 6.76. The van der Waals surface area contributed by atoms with Crippen molar-refractivity contribution in [1.82, 2.24) is 24.6 Å². The van der Waals surface area contributed by atoms with Crippen LogP contribution in [-0.2, 0) is 6.54 Å². The van der Waals surface area contributed by atoms with Gasteiger partial charge >= 0.3 is 5.97 Å². The summed E-state index contributed by atoms with van der Waals surface area (Å²) in [5.74, 6) is 0.432. The number of ether oxygens (including phenoxy) is 1. The zero-order valence-corrected chi connectivity index (χ0v) is 18.2. The van der Waals surface area contributed by atoms with Crippen LogP contribution in [0, 0.1) is 6.92 Å². The highest BCUT2D eigenvalue weighted by atomic mass is 16.5. The van der Waals surface area contributed by atoms with Crippen LogP contribution in [0.4, 0.5) is 0 Å². The second kappa shape index (κ2) is 8.31. The molecule has 0 radical (unpaired) electrons. The minimum Gasteiger partial charge on any atom is -0.422 e. The molecule has 4 heterocycles. The molecule has 8 nitrogen and oxygen atoms in total. The first-order valence-electron chi connectivity index (χ1n) is 10.6. The molecule has 1 unspecified atom stereocenters. The lowest BCUT2D eigenvalue weighted by Gasteiger charge is -2.25. The molecular formula is C25H21N5O3. The Kier molecular flexibility index (Phi) is 5.18. The van der Waals surface area contributed by atoms with Gasteiger partial charge in [-0.1, -0.05) is 18.2 Å². The number of nitrogens with zero attached hydrogens (tertiary/aromatic N) is 5. The van der Waals surface area contributed by atoms with E-state index >= 15 is 0 Å². The lowest BCUT2D eigenvalue weighted by atomic mass is 10.1. The van der Waals surface area contributed by atoms with Crippen molar-refractivity contribution in [1.29, 1.82) is 0 Å². The quantitative estimate of drug-likeness (QED) is 0.346. The highest BCUT2D eigenvalue weighted by Crippen LogP contribution is 2.33. The minimum absolute atomic E-state index is 0.150. The Balaban J connectivity index is 1.40. The van der Waals surface area contributed by atoms with Crippen molar-refractivity contribution in [3.8, 4) is 11.6 Å². The first kappa shape index (κ1) is 20.6. The number of amides is 1. The standard InChI is InChI=1S/C25H21N5O3/c1-16-13-18(14-27-23(16)30-12-6-10-28-30)17(2)29-15-21-20(24(29)31)9-11-26-22(21)25(32)33-19-7-4-3-5-8-19/h3-14,17H,15H2,1-2H3. The fraction of sp³-hybridized carbons (Fsp3) is 0.160. The minimum atomic E-state index is -0.582. The Hall–Kier alpha value is -4.33. The molecule has 0 bridgehead atoms. The van der Waals surface area contributed by atoms with Crippen LogP contribution in [0.1, 0.15) is 50.5 Å². The van der Waals surface area contributed by atoms with Crippen LogP contribution in [-0.4, -0.2) is 36.5 Å². The summed E-state index contributed by atoms with van der Waals surface area (Å²) >= 11 is 0. The van der Waals surface area contributed by atoms with Crippen molar-refractivity contribution in [2.45, 2.75) is 26.4 Å². The molecule has 1 amide bonds. The van der Waals surface area contributed by atoms with Gasteiger partial charge in [-0.05, 0) is 55.3 Å². The van der Waals surface area contributed by atoms with E-state index < -0.39 is 5.97 Å². The lowest BCUT2D eigenvalue weighted by Crippen LogP contribution is -2.27. The number of aromatic nitrogens is 4. The largest absolute Gasteiger partial charge is 0.422 e. The predicted octanol–water partition coefficient (Wildman–Crippen LogP) is 3.91. The fourth-order valence-electron chi connectivity index (χ4n) is 4.01. The molecule has 1 aliphatic rings. The molecule has 0 N–H and O–H groups in total. The van der Waals surface area contributed by atoms with Gasteiger partial charge in [0.15, 0.2) is 11.5 Å². The SMILES string of the molecule is Cc1cc(C(C)N2Cc3c(ccnc3C(=O)Oc3ccccc3)C2=O)cnc1-n1cccn1. The molecule has 0 aliphatic carbocycles. The summed E-state index contributed by atoms with van der Waals surface area (Å²) < 4.78 is 7.16. The molecule has 4 aromatic rings. The van der Waals surface area contributed by atoms with Crippen LogP contribution in [0.3, 0.4) is 0 Å². The van der Waals surface area contributed by atoms with Crippen molar-refractivity contribution in [3.63, 3.8) is 0 Å². The van der Waals surface area contributed by atoms with E-state index in [9.17, 15) is 9.59 Å². The number of hydrogen-bond donors (Lipinski definition) is 0. The Labute approximate surface area is 190 Å². The van der Waals surface area contributed by atoms with Gasteiger partial charge in [0.05, 0.1) is 6.04 Å². The van der Waals surface area contributed by atoms with Gasteiger partial charge in [0.2, 0.25) is 0 Å². The third-order valence-electron chi connectivity index (χ3n) is 5.77. The van der Waals surface area contributed by atoms with Crippen LogP contribution >= 0.6 is 0 Å². The number of hydrogen-bond acceptors (Lipinski definition) is 6. The number of benzene rings is 1. The van der Waals surface area contributed by atoms with Gasteiger partial charge in [-0.15, -0.1) is 0 Å². The molecule has 1 aliphatic heterocycles. The number of rotatable bonds is 5. The highest BCUT2D eigenvalue weighted by molar-refractivity contribution is 6.02. The molecule has 8 heteroatoms. The lowest BCUT2D eigenvalue weighted by molar-refractivity contribution is 0.0701. The maximum Gasteiger partial charge on any atom is 0.362 e. The number of aryl methyl sites for hydroxylation is 1. The van der Waals surface area contributed by atoms with Gasteiger partial charge in [0.25, 0.3) is 5.91 Å². The number of pyridine rings is 2. The van der Waals surface area contributed by atoms with E-state index in [-0.39, 0.29) is 24.2 Å². The van der Waals surface area contributed by atoms with Crippen molar-refractivity contribution in [2.75, 3.05) is 0 Å². The number of carbonyl (C=O) groups excluding carboxylic acids is 2.